The van der Waals surface area contributed by atoms with E-state index < -0.39 is 0 Å². The molecule has 0 saturated heterocycles. The molecule has 0 aliphatic rings. The lowest BCUT2D eigenvalue weighted by molar-refractivity contribution is -0.119. The first-order valence-electron chi connectivity index (χ1n) is 7.91. The van der Waals surface area contributed by atoms with Crippen molar-refractivity contribution in [2.24, 2.45) is 0 Å². The van der Waals surface area contributed by atoms with Gasteiger partial charge in [-0.15, -0.1) is 0 Å². The van der Waals surface area contributed by atoms with Crippen molar-refractivity contribution in [2.75, 3.05) is 18.4 Å². The van der Waals surface area contributed by atoms with Gasteiger partial charge in [-0.1, -0.05) is 25.4 Å². The summed E-state index contributed by atoms with van der Waals surface area (Å²) in [6, 6.07) is 5.06. The van der Waals surface area contributed by atoms with Gasteiger partial charge in [0, 0.05) is 17.8 Å². The molecule has 1 rings (SSSR count). The van der Waals surface area contributed by atoms with Crippen molar-refractivity contribution in [1.82, 2.24) is 10.6 Å². The second kappa shape index (κ2) is 8.77. The van der Waals surface area contributed by atoms with Gasteiger partial charge in [0.2, 0.25) is 5.91 Å². The van der Waals surface area contributed by atoms with Crippen LogP contribution < -0.4 is 16.0 Å². The largest absolute Gasteiger partial charge is 0.376 e. The standard InChI is InChI=1S/C17H26ClN3O2/c1-5-9-19-15(22)11-20-12-7-8-13(14(18)10-12)16(23)21-17(3,4)6-2/h7-8,10,20H,5-6,9,11H2,1-4H3,(H,19,22)(H,21,23). The molecule has 5 nitrogen and oxygen atoms in total. The Bertz CT molecular complexity index is 559. The van der Waals surface area contributed by atoms with E-state index >= 15 is 0 Å². The summed E-state index contributed by atoms with van der Waals surface area (Å²) in [5.74, 6) is -0.274. The van der Waals surface area contributed by atoms with Crippen LogP contribution >= 0.6 is 11.6 Å². The first kappa shape index (κ1) is 19.3. The maximum absolute atomic E-state index is 12.3. The van der Waals surface area contributed by atoms with Crippen LogP contribution in [0, 0.1) is 0 Å². The lowest BCUT2D eigenvalue weighted by Gasteiger charge is -2.24. The Labute approximate surface area is 143 Å². The van der Waals surface area contributed by atoms with Crippen molar-refractivity contribution in [2.45, 2.75) is 46.1 Å². The van der Waals surface area contributed by atoms with Crippen LogP contribution in [0.5, 0.6) is 0 Å². The van der Waals surface area contributed by atoms with E-state index in [1.165, 1.54) is 0 Å². The third-order valence-electron chi connectivity index (χ3n) is 3.57. The van der Waals surface area contributed by atoms with Crippen LogP contribution in [0.25, 0.3) is 0 Å². The van der Waals surface area contributed by atoms with Gasteiger partial charge in [-0.3, -0.25) is 9.59 Å². The predicted molar refractivity (Wildman–Crippen MR) is 95.1 cm³/mol. The maximum atomic E-state index is 12.3. The number of amides is 2. The van der Waals surface area contributed by atoms with Gasteiger partial charge in [0.1, 0.15) is 0 Å². The third kappa shape index (κ3) is 6.48. The molecule has 0 saturated carbocycles. The van der Waals surface area contributed by atoms with E-state index in [2.05, 4.69) is 16.0 Å². The number of hydrogen-bond donors (Lipinski definition) is 3. The molecule has 0 unspecified atom stereocenters. The molecule has 6 heteroatoms. The molecule has 0 aliphatic heterocycles. The zero-order valence-corrected chi connectivity index (χ0v) is 15.0. The van der Waals surface area contributed by atoms with Crippen LogP contribution in [0.1, 0.15) is 50.9 Å². The fourth-order valence-corrected chi connectivity index (χ4v) is 2.05. The second-order valence-electron chi connectivity index (χ2n) is 6.09. The van der Waals surface area contributed by atoms with Gasteiger partial charge < -0.3 is 16.0 Å². The van der Waals surface area contributed by atoms with Crippen LogP contribution in [0.15, 0.2) is 18.2 Å². The summed E-state index contributed by atoms with van der Waals surface area (Å²) in [6.45, 7) is 8.77. The van der Waals surface area contributed by atoms with Crippen LogP contribution in [-0.2, 0) is 4.79 Å². The third-order valence-corrected chi connectivity index (χ3v) is 3.89. The monoisotopic (exact) mass is 339 g/mol. The minimum Gasteiger partial charge on any atom is -0.376 e. The number of carbonyl (C=O) groups excluding carboxylic acids is 2. The molecule has 0 bridgehead atoms. The molecule has 0 fully saturated rings. The Morgan fingerprint density at radius 2 is 1.91 bits per heavy atom. The number of nitrogens with one attached hydrogen (secondary N) is 3. The van der Waals surface area contributed by atoms with E-state index in [9.17, 15) is 9.59 Å². The van der Waals surface area contributed by atoms with Crippen molar-refractivity contribution in [3.63, 3.8) is 0 Å². The van der Waals surface area contributed by atoms with Crippen molar-refractivity contribution < 1.29 is 9.59 Å². The molecule has 1 aromatic rings. The van der Waals surface area contributed by atoms with E-state index in [4.69, 9.17) is 11.6 Å². The molecule has 2 amide bonds. The molecule has 3 N–H and O–H groups in total. The van der Waals surface area contributed by atoms with E-state index in [1.54, 1.807) is 18.2 Å². The Kier molecular flexibility index (Phi) is 7.36. The van der Waals surface area contributed by atoms with Gasteiger partial charge in [-0.05, 0) is 44.9 Å². The Morgan fingerprint density at radius 3 is 2.48 bits per heavy atom. The smallest absolute Gasteiger partial charge is 0.253 e. The number of carbonyl (C=O) groups is 2. The molecule has 23 heavy (non-hydrogen) atoms. The molecule has 128 valence electrons. The Hall–Kier alpha value is -1.75. The van der Waals surface area contributed by atoms with Crippen LogP contribution in [0.3, 0.4) is 0 Å². The SMILES string of the molecule is CCCNC(=O)CNc1ccc(C(=O)NC(C)(C)CC)c(Cl)c1. The first-order chi connectivity index (χ1) is 10.8. The quantitative estimate of drug-likeness (QED) is 0.681. The molecule has 0 atom stereocenters. The number of hydrogen-bond acceptors (Lipinski definition) is 3. The second-order valence-corrected chi connectivity index (χ2v) is 6.50. The van der Waals surface area contributed by atoms with Crippen molar-refractivity contribution in [3.8, 4) is 0 Å². The minimum atomic E-state index is -0.283. The van der Waals surface area contributed by atoms with Gasteiger partial charge in [-0.2, -0.15) is 0 Å². The summed E-state index contributed by atoms with van der Waals surface area (Å²) in [5, 5.41) is 9.07. The fourth-order valence-electron chi connectivity index (χ4n) is 1.78. The molecular weight excluding hydrogens is 314 g/mol. The molecular formula is C17H26ClN3O2. The summed E-state index contributed by atoms with van der Waals surface area (Å²) < 4.78 is 0. The highest BCUT2D eigenvalue weighted by Crippen LogP contribution is 2.22. The van der Waals surface area contributed by atoms with E-state index in [0.29, 0.717) is 22.8 Å². The van der Waals surface area contributed by atoms with E-state index in [1.807, 2.05) is 27.7 Å². The summed E-state index contributed by atoms with van der Waals surface area (Å²) in [7, 11) is 0. The Balaban J connectivity index is 2.67. The number of benzene rings is 1. The minimum absolute atomic E-state index is 0.0745. The highest BCUT2D eigenvalue weighted by atomic mass is 35.5. The lowest BCUT2D eigenvalue weighted by Crippen LogP contribution is -2.42. The average molecular weight is 340 g/mol. The normalized spacial score (nSPS) is 11.0. The summed E-state index contributed by atoms with van der Waals surface area (Å²) in [6.07, 6.45) is 1.72. The van der Waals surface area contributed by atoms with Gasteiger partial charge in [0.25, 0.3) is 5.91 Å². The highest BCUT2D eigenvalue weighted by molar-refractivity contribution is 6.34. The zero-order chi connectivity index (χ0) is 17.5. The number of rotatable bonds is 8. The number of halogens is 1. The molecule has 0 heterocycles. The van der Waals surface area contributed by atoms with Crippen molar-refractivity contribution in [3.05, 3.63) is 28.8 Å². The first-order valence-corrected chi connectivity index (χ1v) is 8.29. The topological polar surface area (TPSA) is 70.2 Å². The summed E-state index contributed by atoms with van der Waals surface area (Å²) in [4.78, 5) is 23.8. The van der Waals surface area contributed by atoms with Gasteiger partial charge in [-0.25, -0.2) is 0 Å². The van der Waals surface area contributed by atoms with Gasteiger partial charge >= 0.3 is 0 Å². The summed E-state index contributed by atoms with van der Waals surface area (Å²) >= 11 is 6.19. The van der Waals surface area contributed by atoms with Crippen LogP contribution in [0.2, 0.25) is 5.02 Å². The van der Waals surface area contributed by atoms with Gasteiger partial charge in [0.05, 0.1) is 17.1 Å². The Morgan fingerprint density at radius 1 is 1.22 bits per heavy atom. The van der Waals surface area contributed by atoms with Crippen LogP contribution in [-0.4, -0.2) is 30.4 Å². The summed E-state index contributed by atoms with van der Waals surface area (Å²) in [5.41, 5.74) is 0.844. The van der Waals surface area contributed by atoms with E-state index in [-0.39, 0.29) is 23.9 Å². The predicted octanol–water partition coefficient (Wildman–Crippen LogP) is 3.20. The van der Waals surface area contributed by atoms with Crippen molar-refractivity contribution >= 4 is 29.1 Å². The highest BCUT2D eigenvalue weighted by Gasteiger charge is 2.20. The molecule has 0 aromatic heterocycles. The van der Waals surface area contributed by atoms with Crippen molar-refractivity contribution in [1.29, 1.82) is 0 Å². The lowest BCUT2D eigenvalue weighted by atomic mass is 10.0. The van der Waals surface area contributed by atoms with Gasteiger partial charge in [0.15, 0.2) is 0 Å². The molecule has 0 spiro atoms. The fraction of sp³-hybridized carbons (Fsp3) is 0.529. The van der Waals surface area contributed by atoms with E-state index in [0.717, 1.165) is 12.8 Å². The average Bonchev–Trinajstić information content (AvgIpc) is 2.50. The number of anilines is 1. The van der Waals surface area contributed by atoms with Crippen LogP contribution in [0.4, 0.5) is 5.69 Å². The molecule has 0 radical (unpaired) electrons. The maximum Gasteiger partial charge on any atom is 0.253 e. The zero-order valence-electron chi connectivity index (χ0n) is 14.3. The molecule has 0 aliphatic carbocycles. The molecule has 1 aromatic carbocycles.